The molecule has 0 bridgehead atoms. The number of nitrogens with one attached hydrogen (secondary N) is 1. The van der Waals surface area contributed by atoms with Crippen molar-refractivity contribution in [3.8, 4) is 0 Å². The summed E-state index contributed by atoms with van der Waals surface area (Å²) in [5, 5.41) is 2.99. The number of carbonyl (C=O) groups excluding carboxylic acids is 1. The van der Waals surface area contributed by atoms with E-state index >= 15 is 0 Å². The third-order valence-electron chi connectivity index (χ3n) is 4.29. The molecule has 0 aliphatic rings. The van der Waals surface area contributed by atoms with Gasteiger partial charge in [0, 0.05) is 51.0 Å². The fourth-order valence-electron chi connectivity index (χ4n) is 2.60. The first-order valence-electron chi connectivity index (χ1n) is 8.46. The molecule has 0 radical (unpaired) electrons. The Kier molecular flexibility index (Phi) is 6.69. The van der Waals surface area contributed by atoms with Crippen molar-refractivity contribution in [1.29, 1.82) is 0 Å². The molecule has 2 aromatic carbocycles. The van der Waals surface area contributed by atoms with Crippen LogP contribution >= 0.6 is 0 Å². The molecule has 1 N–H and O–H groups in total. The van der Waals surface area contributed by atoms with Crippen molar-refractivity contribution in [2.45, 2.75) is 19.5 Å². The number of amides is 1. The monoisotopic (exact) mass is 361 g/mol. The quantitative estimate of drug-likeness (QED) is 0.822. The summed E-state index contributed by atoms with van der Waals surface area (Å²) in [7, 11) is 5.68. The van der Waals surface area contributed by atoms with Crippen LogP contribution in [0.1, 0.15) is 24.1 Å². The third-order valence-corrected chi connectivity index (χ3v) is 4.29. The van der Waals surface area contributed by atoms with Gasteiger partial charge in [0.2, 0.25) is 5.91 Å². The Hall–Kier alpha value is -2.47. The minimum Gasteiger partial charge on any atom is -0.378 e. The van der Waals surface area contributed by atoms with Crippen molar-refractivity contribution in [3.05, 3.63) is 65.2 Å². The van der Waals surface area contributed by atoms with Gasteiger partial charge in [0.25, 0.3) is 0 Å². The smallest absolute Gasteiger partial charge is 0.236 e. The van der Waals surface area contributed by atoms with Gasteiger partial charge in [-0.05, 0) is 30.7 Å². The van der Waals surface area contributed by atoms with Crippen molar-refractivity contribution < 1.29 is 13.6 Å². The van der Waals surface area contributed by atoms with Crippen molar-refractivity contribution in [2.24, 2.45) is 0 Å². The summed E-state index contributed by atoms with van der Waals surface area (Å²) >= 11 is 0. The predicted molar refractivity (Wildman–Crippen MR) is 100 cm³/mol. The van der Waals surface area contributed by atoms with Crippen LogP contribution in [0.4, 0.5) is 14.5 Å². The van der Waals surface area contributed by atoms with Gasteiger partial charge in [0.05, 0.1) is 6.54 Å². The van der Waals surface area contributed by atoms with Gasteiger partial charge >= 0.3 is 0 Å². The number of halogens is 2. The zero-order valence-corrected chi connectivity index (χ0v) is 15.6. The maximum absolute atomic E-state index is 13.8. The van der Waals surface area contributed by atoms with Crippen LogP contribution in [0, 0.1) is 11.6 Å². The van der Waals surface area contributed by atoms with Gasteiger partial charge in [-0.15, -0.1) is 0 Å². The molecule has 1 amide bonds. The standard InChI is InChI=1S/C20H25F2N3O/c1-14(18-10-7-16(21)11-19(18)22)23-12-20(26)25(4)13-15-5-8-17(9-6-15)24(2)3/h5-11,14,23H,12-13H2,1-4H3/t14-/m0/s1. The number of likely N-dealkylation sites (N-methyl/N-ethyl adjacent to an activating group) is 1. The number of nitrogens with zero attached hydrogens (tertiary/aromatic N) is 2. The number of anilines is 1. The van der Waals surface area contributed by atoms with Crippen LogP contribution in [0.25, 0.3) is 0 Å². The summed E-state index contributed by atoms with van der Waals surface area (Å²) in [5.41, 5.74) is 2.46. The highest BCUT2D eigenvalue weighted by Gasteiger charge is 2.15. The van der Waals surface area contributed by atoms with E-state index in [2.05, 4.69) is 5.32 Å². The molecule has 0 saturated carbocycles. The van der Waals surface area contributed by atoms with E-state index < -0.39 is 17.7 Å². The second kappa shape index (κ2) is 8.76. The van der Waals surface area contributed by atoms with E-state index in [1.165, 1.54) is 12.1 Å². The van der Waals surface area contributed by atoms with Gasteiger partial charge in [-0.25, -0.2) is 8.78 Å². The molecule has 0 fully saturated rings. The molecule has 2 rings (SSSR count). The largest absolute Gasteiger partial charge is 0.378 e. The van der Waals surface area contributed by atoms with Crippen LogP contribution < -0.4 is 10.2 Å². The lowest BCUT2D eigenvalue weighted by Gasteiger charge is -2.21. The summed E-state index contributed by atoms with van der Waals surface area (Å²) in [6.07, 6.45) is 0. The molecule has 26 heavy (non-hydrogen) atoms. The molecule has 0 aliphatic carbocycles. The number of carbonyl (C=O) groups is 1. The summed E-state index contributed by atoms with van der Waals surface area (Å²) in [5.74, 6) is -1.34. The molecule has 0 saturated heterocycles. The lowest BCUT2D eigenvalue weighted by atomic mass is 10.1. The van der Waals surface area contributed by atoms with Gasteiger partial charge in [0.1, 0.15) is 11.6 Å². The number of benzene rings is 2. The Bertz CT molecular complexity index is 747. The van der Waals surface area contributed by atoms with Crippen molar-refractivity contribution in [3.63, 3.8) is 0 Å². The fraction of sp³-hybridized carbons (Fsp3) is 0.350. The van der Waals surface area contributed by atoms with E-state index in [-0.39, 0.29) is 12.5 Å². The number of hydrogen-bond donors (Lipinski definition) is 1. The molecule has 2 aromatic rings. The maximum atomic E-state index is 13.8. The zero-order valence-electron chi connectivity index (χ0n) is 15.6. The molecule has 4 nitrogen and oxygen atoms in total. The van der Waals surface area contributed by atoms with Crippen LogP contribution in [-0.4, -0.2) is 38.5 Å². The van der Waals surface area contributed by atoms with Gasteiger partial charge in [0.15, 0.2) is 0 Å². The second-order valence-corrected chi connectivity index (χ2v) is 6.58. The number of rotatable bonds is 7. The highest BCUT2D eigenvalue weighted by molar-refractivity contribution is 5.78. The lowest BCUT2D eigenvalue weighted by molar-refractivity contribution is -0.129. The first kappa shape index (κ1) is 19.8. The molecular weight excluding hydrogens is 336 g/mol. The normalized spacial score (nSPS) is 11.9. The summed E-state index contributed by atoms with van der Waals surface area (Å²) in [4.78, 5) is 15.9. The van der Waals surface area contributed by atoms with Crippen molar-refractivity contribution in [1.82, 2.24) is 10.2 Å². The Balaban J connectivity index is 1.88. The van der Waals surface area contributed by atoms with E-state index in [1.54, 1.807) is 18.9 Å². The topological polar surface area (TPSA) is 35.6 Å². The molecule has 0 spiro atoms. The Morgan fingerprint density at radius 2 is 1.73 bits per heavy atom. The zero-order chi connectivity index (χ0) is 19.3. The molecule has 0 aliphatic heterocycles. The minimum absolute atomic E-state index is 0.0737. The molecule has 1 atom stereocenters. The minimum atomic E-state index is -0.619. The average molecular weight is 361 g/mol. The Morgan fingerprint density at radius 3 is 2.31 bits per heavy atom. The predicted octanol–water partition coefficient (Wildman–Crippen LogP) is 3.34. The Morgan fingerprint density at radius 1 is 1.08 bits per heavy atom. The molecule has 0 aromatic heterocycles. The number of hydrogen-bond acceptors (Lipinski definition) is 3. The molecule has 0 heterocycles. The first-order valence-corrected chi connectivity index (χ1v) is 8.46. The van der Waals surface area contributed by atoms with Gasteiger partial charge in [-0.2, -0.15) is 0 Å². The van der Waals surface area contributed by atoms with E-state index in [0.29, 0.717) is 12.1 Å². The fourth-order valence-corrected chi connectivity index (χ4v) is 2.60. The van der Waals surface area contributed by atoms with Crippen molar-refractivity contribution in [2.75, 3.05) is 32.6 Å². The highest BCUT2D eigenvalue weighted by atomic mass is 19.1. The van der Waals surface area contributed by atoms with Crippen LogP contribution in [0.3, 0.4) is 0 Å². The summed E-state index contributed by atoms with van der Waals surface area (Å²) in [6, 6.07) is 11.0. The van der Waals surface area contributed by atoms with Crippen LogP contribution in [0.5, 0.6) is 0 Å². The highest BCUT2D eigenvalue weighted by Crippen LogP contribution is 2.17. The Labute approximate surface area is 153 Å². The SMILES string of the molecule is C[C@H](NCC(=O)N(C)Cc1ccc(N(C)C)cc1)c1ccc(F)cc1F. The van der Waals surface area contributed by atoms with E-state index in [4.69, 9.17) is 0 Å². The third kappa shape index (κ3) is 5.26. The van der Waals surface area contributed by atoms with Crippen LogP contribution in [0.15, 0.2) is 42.5 Å². The van der Waals surface area contributed by atoms with Crippen LogP contribution in [-0.2, 0) is 11.3 Å². The van der Waals surface area contributed by atoms with E-state index in [0.717, 1.165) is 17.3 Å². The lowest BCUT2D eigenvalue weighted by Crippen LogP contribution is -2.36. The van der Waals surface area contributed by atoms with E-state index in [9.17, 15) is 13.6 Å². The van der Waals surface area contributed by atoms with Gasteiger partial charge < -0.3 is 15.1 Å². The van der Waals surface area contributed by atoms with Gasteiger partial charge in [-0.1, -0.05) is 18.2 Å². The summed E-state index contributed by atoms with van der Waals surface area (Å²) in [6.45, 7) is 2.31. The second-order valence-electron chi connectivity index (χ2n) is 6.58. The molecule has 0 unspecified atom stereocenters. The molecule has 6 heteroatoms. The van der Waals surface area contributed by atoms with Crippen LogP contribution in [0.2, 0.25) is 0 Å². The molecule has 140 valence electrons. The van der Waals surface area contributed by atoms with Gasteiger partial charge in [-0.3, -0.25) is 4.79 Å². The average Bonchev–Trinajstić information content (AvgIpc) is 2.59. The summed E-state index contributed by atoms with van der Waals surface area (Å²) < 4.78 is 26.8. The first-order chi connectivity index (χ1) is 12.3. The van der Waals surface area contributed by atoms with Crippen molar-refractivity contribution >= 4 is 11.6 Å². The van der Waals surface area contributed by atoms with E-state index in [1.807, 2.05) is 43.3 Å². The molecular formula is C20H25F2N3O. The maximum Gasteiger partial charge on any atom is 0.236 e.